The average Bonchev–Trinajstić information content (AvgIpc) is 2.77. The van der Waals surface area contributed by atoms with Gasteiger partial charge >= 0.3 is 11.9 Å². The number of thiocarbonyl (C=S) groups is 1. The number of carboxylic acids is 2. The first kappa shape index (κ1) is 18.1. The zero-order chi connectivity index (χ0) is 17.9. The van der Waals surface area contributed by atoms with Crippen molar-refractivity contribution in [1.82, 2.24) is 4.90 Å². The Balaban J connectivity index is 2.28. The lowest BCUT2D eigenvalue weighted by Gasteiger charge is -2.22. The van der Waals surface area contributed by atoms with E-state index in [0.717, 1.165) is 16.7 Å². The molecule has 24 heavy (non-hydrogen) atoms. The van der Waals surface area contributed by atoms with Crippen molar-refractivity contribution in [2.24, 2.45) is 0 Å². The highest BCUT2D eigenvalue weighted by molar-refractivity contribution is 8.26. The summed E-state index contributed by atoms with van der Waals surface area (Å²) in [5.74, 6) is -3.72. The van der Waals surface area contributed by atoms with Crippen molar-refractivity contribution in [3.05, 3.63) is 40.6 Å². The van der Waals surface area contributed by atoms with Gasteiger partial charge in [-0.05, 0) is 18.6 Å². The first-order chi connectivity index (χ1) is 11.3. The molecule has 126 valence electrons. The Morgan fingerprint density at radius 3 is 2.58 bits per heavy atom. The van der Waals surface area contributed by atoms with E-state index in [9.17, 15) is 23.9 Å². The first-order valence-corrected chi connectivity index (χ1v) is 8.00. The molecule has 0 aliphatic carbocycles. The smallest absolute Gasteiger partial charge is 0.326 e. The number of carboxylic acid groups (broad SMARTS) is 2. The number of thioether (sulfide) groups is 1. The van der Waals surface area contributed by atoms with Crippen LogP contribution in [0.25, 0.3) is 6.08 Å². The van der Waals surface area contributed by atoms with Gasteiger partial charge in [0.25, 0.3) is 5.91 Å². The highest BCUT2D eigenvalue weighted by Gasteiger charge is 2.40. The number of benzene rings is 1. The number of halogens is 1. The lowest BCUT2D eigenvalue weighted by molar-refractivity contribution is -0.146. The molecule has 2 N–H and O–H groups in total. The number of nitrogens with zero attached hydrogens (tertiary/aromatic N) is 1. The van der Waals surface area contributed by atoms with Gasteiger partial charge in [-0.15, -0.1) is 0 Å². The molecular formula is C15H12FNO5S2. The van der Waals surface area contributed by atoms with Crippen LogP contribution in [0.4, 0.5) is 4.39 Å². The fourth-order valence-electron chi connectivity index (χ4n) is 2.11. The number of carbonyl (C=O) groups excluding carboxylic acids is 1. The minimum absolute atomic E-state index is 0.000350. The summed E-state index contributed by atoms with van der Waals surface area (Å²) in [6, 6.07) is 4.44. The minimum atomic E-state index is -1.37. The normalized spacial score (nSPS) is 17.4. The number of hydrogen-bond acceptors (Lipinski definition) is 5. The number of aliphatic carboxylic acids is 2. The monoisotopic (exact) mass is 369 g/mol. The van der Waals surface area contributed by atoms with Crippen LogP contribution in [0.3, 0.4) is 0 Å². The highest BCUT2D eigenvalue weighted by atomic mass is 32.2. The molecule has 0 radical (unpaired) electrons. The van der Waals surface area contributed by atoms with E-state index in [4.69, 9.17) is 17.3 Å². The van der Waals surface area contributed by atoms with Crippen molar-refractivity contribution >= 4 is 52.2 Å². The van der Waals surface area contributed by atoms with E-state index in [1.54, 1.807) is 6.07 Å². The van der Waals surface area contributed by atoms with E-state index >= 15 is 0 Å². The molecule has 0 bridgehead atoms. The summed E-state index contributed by atoms with van der Waals surface area (Å²) in [7, 11) is 0. The van der Waals surface area contributed by atoms with Gasteiger partial charge in [-0.2, -0.15) is 0 Å². The van der Waals surface area contributed by atoms with Crippen LogP contribution >= 0.6 is 24.0 Å². The molecule has 6 nitrogen and oxygen atoms in total. The number of carbonyl (C=O) groups is 3. The summed E-state index contributed by atoms with van der Waals surface area (Å²) in [4.78, 5) is 35.4. The van der Waals surface area contributed by atoms with E-state index in [-0.39, 0.29) is 21.2 Å². The number of rotatable bonds is 6. The second kappa shape index (κ2) is 7.54. The molecule has 1 aromatic carbocycles. The largest absolute Gasteiger partial charge is 0.481 e. The number of amides is 1. The summed E-state index contributed by atoms with van der Waals surface area (Å²) >= 11 is 5.90. The molecule has 0 unspecified atom stereocenters. The predicted octanol–water partition coefficient (Wildman–Crippen LogP) is 2.34. The van der Waals surface area contributed by atoms with Crippen LogP contribution in [0.5, 0.6) is 0 Å². The second-order valence-corrected chi connectivity index (χ2v) is 6.54. The van der Waals surface area contributed by atoms with Crippen molar-refractivity contribution in [3.8, 4) is 0 Å². The molecule has 0 spiro atoms. The fourth-order valence-corrected chi connectivity index (χ4v) is 3.45. The third-order valence-electron chi connectivity index (χ3n) is 3.24. The summed E-state index contributed by atoms with van der Waals surface area (Å²) < 4.78 is 13.7. The SMILES string of the molecule is O=C(O)CC[C@H](C(=O)O)N1C(=O)/C(=C/c2ccccc2F)SC1=S. The number of hydrogen-bond donors (Lipinski definition) is 2. The molecule has 1 aliphatic heterocycles. The molecule has 2 rings (SSSR count). The van der Waals surface area contributed by atoms with E-state index in [1.807, 2.05) is 0 Å². The van der Waals surface area contributed by atoms with Crippen LogP contribution in [0.15, 0.2) is 29.2 Å². The predicted molar refractivity (Wildman–Crippen MR) is 89.7 cm³/mol. The average molecular weight is 369 g/mol. The maximum absolute atomic E-state index is 13.7. The molecule has 1 aliphatic rings. The summed E-state index contributed by atoms with van der Waals surface area (Å²) in [6.07, 6.45) is 0.606. The van der Waals surface area contributed by atoms with Gasteiger partial charge in [0, 0.05) is 12.0 Å². The van der Waals surface area contributed by atoms with Crippen LogP contribution in [-0.2, 0) is 14.4 Å². The van der Waals surface area contributed by atoms with Crippen molar-refractivity contribution in [2.75, 3.05) is 0 Å². The maximum Gasteiger partial charge on any atom is 0.326 e. The molecule has 1 heterocycles. The molecule has 1 atom stereocenters. The zero-order valence-corrected chi connectivity index (χ0v) is 13.8. The van der Waals surface area contributed by atoms with Gasteiger partial charge in [0.15, 0.2) is 0 Å². The van der Waals surface area contributed by atoms with Gasteiger partial charge < -0.3 is 10.2 Å². The molecule has 9 heteroatoms. The Morgan fingerprint density at radius 1 is 1.33 bits per heavy atom. The van der Waals surface area contributed by atoms with E-state index in [1.165, 1.54) is 24.3 Å². The molecule has 1 saturated heterocycles. The van der Waals surface area contributed by atoms with E-state index in [0.29, 0.717) is 0 Å². The molecule has 0 saturated carbocycles. The third kappa shape index (κ3) is 3.98. The standard InChI is InChI=1S/C15H12FNO5S2/c16-9-4-2-1-3-8(9)7-11-13(20)17(15(23)24-11)10(14(21)22)5-6-12(18)19/h1-4,7,10H,5-6H2,(H,18,19)(H,21,22)/b11-7-/t10-/m1/s1. The molecule has 0 aromatic heterocycles. The lowest BCUT2D eigenvalue weighted by Crippen LogP contribution is -2.44. The highest BCUT2D eigenvalue weighted by Crippen LogP contribution is 2.35. The van der Waals surface area contributed by atoms with Crippen LogP contribution in [0.1, 0.15) is 18.4 Å². The van der Waals surface area contributed by atoms with Crippen molar-refractivity contribution < 1.29 is 29.0 Å². The second-order valence-electron chi connectivity index (χ2n) is 4.86. The van der Waals surface area contributed by atoms with E-state index in [2.05, 4.69) is 0 Å². The van der Waals surface area contributed by atoms with Gasteiger partial charge in [0.2, 0.25) is 0 Å². The van der Waals surface area contributed by atoms with Crippen LogP contribution in [0, 0.1) is 5.82 Å². The third-order valence-corrected chi connectivity index (χ3v) is 4.57. The maximum atomic E-state index is 13.7. The molecular weight excluding hydrogens is 357 g/mol. The van der Waals surface area contributed by atoms with Gasteiger partial charge in [-0.25, -0.2) is 9.18 Å². The Labute approximate surface area is 146 Å². The summed E-state index contributed by atoms with van der Waals surface area (Å²) in [6.45, 7) is 0. The van der Waals surface area contributed by atoms with Crippen molar-refractivity contribution in [1.29, 1.82) is 0 Å². The summed E-state index contributed by atoms with van der Waals surface area (Å²) in [5.41, 5.74) is 0.176. The Bertz CT molecular complexity index is 749. The Kier molecular flexibility index (Phi) is 5.68. The van der Waals surface area contributed by atoms with Crippen LogP contribution < -0.4 is 0 Å². The van der Waals surface area contributed by atoms with Crippen LogP contribution in [0.2, 0.25) is 0 Å². The van der Waals surface area contributed by atoms with Gasteiger partial charge in [-0.1, -0.05) is 42.2 Å². The minimum Gasteiger partial charge on any atom is -0.481 e. The van der Waals surface area contributed by atoms with E-state index < -0.39 is 36.1 Å². The topological polar surface area (TPSA) is 94.9 Å². The first-order valence-electron chi connectivity index (χ1n) is 6.77. The van der Waals surface area contributed by atoms with Gasteiger partial charge in [0.1, 0.15) is 16.2 Å². The Morgan fingerprint density at radius 2 is 2.00 bits per heavy atom. The molecule has 1 aromatic rings. The van der Waals surface area contributed by atoms with Gasteiger partial charge in [0.05, 0.1) is 4.91 Å². The van der Waals surface area contributed by atoms with Gasteiger partial charge in [-0.3, -0.25) is 14.5 Å². The summed E-state index contributed by atoms with van der Waals surface area (Å²) in [5, 5.41) is 18.0. The molecule has 1 amide bonds. The fraction of sp³-hybridized carbons (Fsp3) is 0.200. The van der Waals surface area contributed by atoms with Crippen LogP contribution in [-0.4, -0.2) is 43.3 Å². The quantitative estimate of drug-likeness (QED) is 0.587. The zero-order valence-electron chi connectivity index (χ0n) is 12.1. The van der Waals surface area contributed by atoms with Crippen molar-refractivity contribution in [3.63, 3.8) is 0 Å². The van der Waals surface area contributed by atoms with Crippen molar-refractivity contribution in [2.45, 2.75) is 18.9 Å². The Hall–Kier alpha value is -2.26. The lowest BCUT2D eigenvalue weighted by atomic mass is 10.1. The molecule has 1 fully saturated rings.